The van der Waals surface area contributed by atoms with E-state index in [0.717, 1.165) is 46.9 Å². The molecule has 5 nitrogen and oxygen atoms in total. The number of aryl methyl sites for hydroxylation is 1. The summed E-state index contributed by atoms with van der Waals surface area (Å²) in [6.07, 6.45) is 2.29. The van der Waals surface area contributed by atoms with Gasteiger partial charge in [-0.25, -0.2) is 9.97 Å². The Morgan fingerprint density at radius 2 is 1.76 bits per heavy atom. The van der Waals surface area contributed by atoms with Gasteiger partial charge >= 0.3 is 0 Å². The first kappa shape index (κ1) is 16.0. The molecule has 1 fully saturated rings. The van der Waals surface area contributed by atoms with E-state index < -0.39 is 0 Å². The molecule has 4 heterocycles. The summed E-state index contributed by atoms with van der Waals surface area (Å²) < 4.78 is 5.82. The molecule has 4 rings (SSSR count). The predicted octanol–water partition coefficient (Wildman–Crippen LogP) is 3.61. The minimum absolute atomic E-state index is 0.212. The van der Waals surface area contributed by atoms with Crippen molar-refractivity contribution in [3.05, 3.63) is 48.3 Å². The van der Waals surface area contributed by atoms with Gasteiger partial charge in [0.2, 0.25) is 0 Å². The zero-order valence-corrected chi connectivity index (χ0v) is 14.8. The summed E-state index contributed by atoms with van der Waals surface area (Å²) in [7, 11) is 0. The molecule has 1 aliphatic rings. The van der Waals surface area contributed by atoms with E-state index in [9.17, 15) is 0 Å². The molecule has 0 amide bonds. The molecule has 0 N–H and O–H groups in total. The summed E-state index contributed by atoms with van der Waals surface area (Å²) in [5.74, 6) is 0.979. The first-order valence-electron chi connectivity index (χ1n) is 8.70. The van der Waals surface area contributed by atoms with E-state index >= 15 is 0 Å². The number of ether oxygens (including phenoxy) is 1. The number of hydrogen-bond acceptors (Lipinski definition) is 5. The van der Waals surface area contributed by atoms with Crippen LogP contribution in [0.2, 0.25) is 0 Å². The number of aromatic nitrogens is 3. The first-order chi connectivity index (χ1) is 12.1. The fraction of sp³-hybridized carbons (Fsp3) is 0.350. The lowest BCUT2D eigenvalue weighted by atomic mass is 10.2. The molecule has 0 spiro atoms. The van der Waals surface area contributed by atoms with Crippen molar-refractivity contribution in [2.24, 2.45) is 0 Å². The third-order valence-electron chi connectivity index (χ3n) is 4.45. The quantitative estimate of drug-likeness (QED) is 0.716. The van der Waals surface area contributed by atoms with Crippen molar-refractivity contribution in [3.8, 4) is 11.4 Å². The number of anilines is 1. The minimum atomic E-state index is 0.212. The molecule has 25 heavy (non-hydrogen) atoms. The van der Waals surface area contributed by atoms with Gasteiger partial charge in [0, 0.05) is 30.4 Å². The molecule has 1 saturated heterocycles. The lowest BCUT2D eigenvalue weighted by molar-refractivity contribution is -0.00545. The van der Waals surface area contributed by atoms with Crippen molar-refractivity contribution < 1.29 is 4.74 Å². The van der Waals surface area contributed by atoms with Crippen LogP contribution in [0, 0.1) is 6.92 Å². The Hall–Kier alpha value is -2.53. The van der Waals surface area contributed by atoms with E-state index in [1.54, 1.807) is 0 Å². The van der Waals surface area contributed by atoms with Crippen molar-refractivity contribution in [1.82, 2.24) is 15.0 Å². The molecule has 2 atom stereocenters. The van der Waals surface area contributed by atoms with Crippen LogP contribution in [0.5, 0.6) is 0 Å². The van der Waals surface area contributed by atoms with Crippen LogP contribution in [-0.4, -0.2) is 40.2 Å². The Bertz CT molecular complexity index is 901. The van der Waals surface area contributed by atoms with Gasteiger partial charge in [-0.15, -0.1) is 0 Å². The van der Waals surface area contributed by atoms with E-state index in [0.29, 0.717) is 0 Å². The predicted molar refractivity (Wildman–Crippen MR) is 99.7 cm³/mol. The molecule has 0 saturated carbocycles. The first-order valence-corrected chi connectivity index (χ1v) is 8.70. The van der Waals surface area contributed by atoms with Crippen molar-refractivity contribution >= 4 is 16.7 Å². The summed E-state index contributed by atoms with van der Waals surface area (Å²) in [5.41, 5.74) is 3.69. The second-order valence-corrected chi connectivity index (χ2v) is 6.76. The second kappa shape index (κ2) is 6.41. The highest BCUT2D eigenvalue weighted by molar-refractivity contribution is 5.80. The van der Waals surface area contributed by atoms with Crippen LogP contribution < -0.4 is 4.90 Å². The van der Waals surface area contributed by atoms with Gasteiger partial charge in [0.25, 0.3) is 0 Å². The number of morpholine rings is 1. The molecule has 0 aliphatic carbocycles. The van der Waals surface area contributed by atoms with Crippen LogP contribution in [0.4, 0.5) is 5.82 Å². The SMILES string of the molecule is Cc1cc2nc(-c3cccc(N4C[C@@H](C)O[C@@H](C)C4)n3)ccc2cn1. The van der Waals surface area contributed by atoms with Gasteiger partial charge in [-0.3, -0.25) is 4.98 Å². The summed E-state index contributed by atoms with van der Waals surface area (Å²) in [4.78, 5) is 16.2. The fourth-order valence-electron chi connectivity index (χ4n) is 3.37. The van der Waals surface area contributed by atoms with Gasteiger partial charge in [-0.2, -0.15) is 0 Å². The van der Waals surface area contributed by atoms with Gasteiger partial charge in [0.05, 0.1) is 29.1 Å². The van der Waals surface area contributed by atoms with Crippen LogP contribution in [0.15, 0.2) is 42.6 Å². The normalized spacial score (nSPS) is 20.8. The molecule has 128 valence electrons. The van der Waals surface area contributed by atoms with Crippen LogP contribution in [0.1, 0.15) is 19.5 Å². The summed E-state index contributed by atoms with van der Waals surface area (Å²) in [5, 5.41) is 1.04. The maximum absolute atomic E-state index is 5.82. The highest BCUT2D eigenvalue weighted by Gasteiger charge is 2.23. The second-order valence-electron chi connectivity index (χ2n) is 6.76. The van der Waals surface area contributed by atoms with Crippen LogP contribution >= 0.6 is 0 Å². The van der Waals surface area contributed by atoms with Crippen molar-refractivity contribution in [1.29, 1.82) is 0 Å². The van der Waals surface area contributed by atoms with E-state index in [1.165, 1.54) is 0 Å². The van der Waals surface area contributed by atoms with Crippen molar-refractivity contribution in [3.63, 3.8) is 0 Å². The number of nitrogens with zero attached hydrogens (tertiary/aromatic N) is 4. The molecular weight excluding hydrogens is 312 g/mol. The fourth-order valence-corrected chi connectivity index (χ4v) is 3.37. The van der Waals surface area contributed by atoms with E-state index in [1.807, 2.05) is 37.4 Å². The molecule has 0 bridgehead atoms. The monoisotopic (exact) mass is 334 g/mol. The van der Waals surface area contributed by atoms with Gasteiger partial charge in [-0.05, 0) is 51.1 Å². The van der Waals surface area contributed by atoms with Crippen LogP contribution in [0.25, 0.3) is 22.3 Å². The van der Waals surface area contributed by atoms with E-state index in [2.05, 4.69) is 35.9 Å². The van der Waals surface area contributed by atoms with Gasteiger partial charge in [-0.1, -0.05) is 6.07 Å². The Morgan fingerprint density at radius 3 is 2.56 bits per heavy atom. The lowest BCUT2D eigenvalue weighted by Gasteiger charge is -2.36. The molecule has 3 aromatic rings. The zero-order valence-electron chi connectivity index (χ0n) is 14.8. The average molecular weight is 334 g/mol. The number of pyridine rings is 3. The molecule has 0 radical (unpaired) electrons. The molecular formula is C20H22N4O. The van der Waals surface area contributed by atoms with E-state index in [-0.39, 0.29) is 12.2 Å². The topological polar surface area (TPSA) is 51.1 Å². The average Bonchev–Trinajstić information content (AvgIpc) is 2.60. The smallest absolute Gasteiger partial charge is 0.129 e. The Morgan fingerprint density at radius 1 is 1.00 bits per heavy atom. The van der Waals surface area contributed by atoms with Gasteiger partial charge in [0.1, 0.15) is 5.82 Å². The molecule has 3 aromatic heterocycles. The highest BCUT2D eigenvalue weighted by Crippen LogP contribution is 2.24. The number of rotatable bonds is 2. The van der Waals surface area contributed by atoms with Crippen molar-refractivity contribution in [2.45, 2.75) is 33.0 Å². The number of hydrogen-bond donors (Lipinski definition) is 0. The maximum Gasteiger partial charge on any atom is 0.129 e. The summed E-state index contributed by atoms with van der Waals surface area (Å²) >= 11 is 0. The largest absolute Gasteiger partial charge is 0.372 e. The molecule has 0 aromatic carbocycles. The highest BCUT2D eigenvalue weighted by atomic mass is 16.5. The minimum Gasteiger partial charge on any atom is -0.372 e. The Balaban J connectivity index is 1.69. The van der Waals surface area contributed by atoms with Crippen LogP contribution in [-0.2, 0) is 4.74 Å². The van der Waals surface area contributed by atoms with Crippen LogP contribution in [0.3, 0.4) is 0 Å². The molecule has 0 unspecified atom stereocenters. The number of fused-ring (bicyclic) bond motifs is 1. The third-order valence-corrected chi connectivity index (χ3v) is 4.45. The lowest BCUT2D eigenvalue weighted by Crippen LogP contribution is -2.45. The maximum atomic E-state index is 5.82. The van der Waals surface area contributed by atoms with Crippen molar-refractivity contribution in [2.75, 3.05) is 18.0 Å². The summed E-state index contributed by atoms with van der Waals surface area (Å²) in [6.45, 7) is 7.91. The van der Waals surface area contributed by atoms with E-state index in [4.69, 9.17) is 14.7 Å². The summed E-state index contributed by atoms with van der Waals surface area (Å²) in [6, 6.07) is 12.2. The Labute approximate surface area is 147 Å². The molecule has 5 heteroatoms. The van der Waals surface area contributed by atoms with Gasteiger partial charge < -0.3 is 9.64 Å². The zero-order chi connectivity index (χ0) is 17.4. The standard InChI is InChI=1S/C20H22N4O/c1-13-9-19-16(10-21-13)7-8-18(22-19)17-5-4-6-20(23-17)24-11-14(2)25-15(3)12-24/h4-10,14-15H,11-12H2,1-3H3/t14-,15+. The molecule has 1 aliphatic heterocycles. The Kier molecular flexibility index (Phi) is 4.09. The van der Waals surface area contributed by atoms with Gasteiger partial charge in [0.15, 0.2) is 0 Å². The third kappa shape index (κ3) is 3.33.